The summed E-state index contributed by atoms with van der Waals surface area (Å²) in [6, 6.07) is 7.63. The average Bonchev–Trinajstić information content (AvgIpc) is 2.54. The van der Waals surface area contributed by atoms with Gasteiger partial charge in [0.15, 0.2) is 0 Å². The Bertz CT molecular complexity index is 468. The Hall–Kier alpha value is -0.620. The molecule has 2 rings (SSSR count). The number of carbonyl (C=O) groups is 1. The number of thioether (sulfide) groups is 1. The molecule has 1 unspecified atom stereocenters. The molecule has 1 aromatic carbocycles. The minimum absolute atomic E-state index is 0. The van der Waals surface area contributed by atoms with E-state index in [-0.39, 0.29) is 18.3 Å². The molecule has 0 aliphatic carbocycles. The molecule has 0 spiro atoms. The number of halogens is 2. The summed E-state index contributed by atoms with van der Waals surface area (Å²) in [6.45, 7) is 2.31. The molecule has 1 aliphatic heterocycles. The third-order valence-corrected chi connectivity index (χ3v) is 4.95. The molecule has 1 heterocycles. The predicted octanol–water partition coefficient (Wildman–Crippen LogP) is 3.08. The summed E-state index contributed by atoms with van der Waals surface area (Å²) in [5.74, 6) is 3.18. The van der Waals surface area contributed by atoms with Crippen LogP contribution in [0.5, 0.6) is 5.75 Å². The van der Waals surface area contributed by atoms with Crippen LogP contribution in [0, 0.1) is 0 Å². The minimum atomic E-state index is 0. The molecule has 0 aromatic heterocycles. The van der Waals surface area contributed by atoms with Gasteiger partial charge in [0.05, 0.1) is 6.61 Å². The third-order valence-electron chi connectivity index (χ3n) is 3.57. The van der Waals surface area contributed by atoms with Gasteiger partial charge in [-0.3, -0.25) is 4.79 Å². The van der Waals surface area contributed by atoms with E-state index in [9.17, 15) is 4.79 Å². The monoisotopic (exact) mass is 378 g/mol. The smallest absolute Gasteiger partial charge is 0.223 e. The molecule has 0 radical (unpaired) electrons. The highest BCUT2D eigenvalue weighted by molar-refractivity contribution is 7.99. The van der Waals surface area contributed by atoms with Crippen molar-refractivity contribution in [3.05, 3.63) is 29.3 Å². The topological polar surface area (TPSA) is 41.6 Å². The zero-order valence-corrected chi connectivity index (χ0v) is 15.7. The first-order valence-corrected chi connectivity index (χ1v) is 9.12. The van der Waals surface area contributed by atoms with E-state index in [2.05, 4.69) is 5.32 Å². The molecule has 4 nitrogen and oxygen atoms in total. The van der Waals surface area contributed by atoms with Gasteiger partial charge in [-0.1, -0.05) is 11.6 Å². The SMILES string of the molecule is CN(CCCOc1ccc(Cl)cc1)C(=O)CC1CSCCN1.Cl. The zero-order valence-electron chi connectivity index (χ0n) is 13.3. The maximum Gasteiger partial charge on any atom is 0.223 e. The summed E-state index contributed by atoms with van der Waals surface area (Å²) in [5, 5.41) is 4.10. The molecule has 1 N–H and O–H groups in total. The lowest BCUT2D eigenvalue weighted by atomic mass is 10.2. The van der Waals surface area contributed by atoms with Crippen molar-refractivity contribution in [2.75, 3.05) is 38.2 Å². The molecule has 7 heteroatoms. The molecular formula is C16H24Cl2N2O2S. The highest BCUT2D eigenvalue weighted by Gasteiger charge is 2.18. The van der Waals surface area contributed by atoms with Crippen molar-refractivity contribution in [1.29, 1.82) is 0 Å². The highest BCUT2D eigenvalue weighted by Crippen LogP contribution is 2.15. The predicted molar refractivity (Wildman–Crippen MR) is 100 cm³/mol. The summed E-state index contributed by atoms with van der Waals surface area (Å²) in [4.78, 5) is 13.9. The first kappa shape index (κ1) is 20.4. The van der Waals surface area contributed by atoms with Crippen LogP contribution in [0.1, 0.15) is 12.8 Å². The van der Waals surface area contributed by atoms with Gasteiger partial charge in [0.2, 0.25) is 5.91 Å². The molecule has 1 fully saturated rings. The van der Waals surface area contributed by atoms with Crippen molar-refractivity contribution >= 4 is 41.7 Å². The second kappa shape index (κ2) is 11.0. The Morgan fingerprint density at radius 3 is 2.83 bits per heavy atom. The number of rotatable bonds is 7. The lowest BCUT2D eigenvalue weighted by Crippen LogP contribution is -2.42. The highest BCUT2D eigenvalue weighted by atomic mass is 35.5. The molecular weight excluding hydrogens is 355 g/mol. The number of benzene rings is 1. The zero-order chi connectivity index (χ0) is 15.8. The van der Waals surface area contributed by atoms with Crippen molar-refractivity contribution in [3.8, 4) is 5.75 Å². The van der Waals surface area contributed by atoms with E-state index in [1.165, 1.54) is 0 Å². The third kappa shape index (κ3) is 7.66. The standard InChI is InChI=1S/C16H23ClN2O2S.ClH/c1-19(16(20)11-14-12-22-10-7-18-14)8-2-9-21-15-5-3-13(17)4-6-15;/h3-6,14,18H,2,7-12H2,1H3;1H. The number of ether oxygens (including phenoxy) is 1. The van der Waals surface area contributed by atoms with E-state index >= 15 is 0 Å². The van der Waals surface area contributed by atoms with Gasteiger partial charge < -0.3 is 15.0 Å². The van der Waals surface area contributed by atoms with Crippen molar-refractivity contribution in [2.24, 2.45) is 0 Å². The first-order chi connectivity index (χ1) is 10.6. The molecule has 1 amide bonds. The normalized spacial score (nSPS) is 17.2. The van der Waals surface area contributed by atoms with Crippen molar-refractivity contribution in [3.63, 3.8) is 0 Å². The summed E-state index contributed by atoms with van der Waals surface area (Å²) in [6.07, 6.45) is 1.40. The maximum atomic E-state index is 12.1. The van der Waals surface area contributed by atoms with Crippen molar-refractivity contribution < 1.29 is 9.53 Å². The van der Waals surface area contributed by atoms with E-state index < -0.39 is 0 Å². The Morgan fingerprint density at radius 1 is 1.43 bits per heavy atom. The molecule has 1 atom stereocenters. The number of nitrogens with zero attached hydrogens (tertiary/aromatic N) is 1. The van der Waals surface area contributed by atoms with Crippen LogP contribution >= 0.6 is 35.8 Å². The van der Waals surface area contributed by atoms with Gasteiger partial charge in [-0.15, -0.1) is 12.4 Å². The second-order valence-electron chi connectivity index (χ2n) is 5.40. The van der Waals surface area contributed by atoms with Gasteiger partial charge in [0.25, 0.3) is 0 Å². The van der Waals surface area contributed by atoms with Crippen LogP contribution in [0.3, 0.4) is 0 Å². The number of amides is 1. The van der Waals surface area contributed by atoms with E-state index in [1.807, 2.05) is 43.1 Å². The van der Waals surface area contributed by atoms with Gasteiger partial charge in [-0.05, 0) is 30.7 Å². The van der Waals surface area contributed by atoms with E-state index in [0.717, 1.165) is 30.2 Å². The van der Waals surface area contributed by atoms with Crippen LogP contribution < -0.4 is 10.1 Å². The molecule has 1 aliphatic rings. The summed E-state index contributed by atoms with van der Waals surface area (Å²) >= 11 is 7.74. The Labute approximate surface area is 153 Å². The van der Waals surface area contributed by atoms with Crippen LogP contribution in [0.15, 0.2) is 24.3 Å². The van der Waals surface area contributed by atoms with Crippen molar-refractivity contribution in [1.82, 2.24) is 10.2 Å². The first-order valence-electron chi connectivity index (χ1n) is 7.58. The number of hydrogen-bond acceptors (Lipinski definition) is 4. The van der Waals surface area contributed by atoms with Crippen LogP contribution in [0.2, 0.25) is 5.02 Å². The number of hydrogen-bond donors (Lipinski definition) is 1. The summed E-state index contributed by atoms with van der Waals surface area (Å²) < 4.78 is 5.63. The molecule has 23 heavy (non-hydrogen) atoms. The Morgan fingerprint density at radius 2 is 2.17 bits per heavy atom. The molecule has 0 saturated carbocycles. The van der Waals surface area contributed by atoms with Crippen LogP contribution in [0.25, 0.3) is 0 Å². The lowest BCUT2D eigenvalue weighted by molar-refractivity contribution is -0.130. The largest absolute Gasteiger partial charge is 0.494 e. The van der Waals surface area contributed by atoms with Gasteiger partial charge in [0.1, 0.15) is 5.75 Å². The van der Waals surface area contributed by atoms with Crippen LogP contribution in [-0.2, 0) is 4.79 Å². The van der Waals surface area contributed by atoms with E-state index in [4.69, 9.17) is 16.3 Å². The summed E-state index contributed by atoms with van der Waals surface area (Å²) in [5.41, 5.74) is 0. The Balaban J connectivity index is 0.00000264. The van der Waals surface area contributed by atoms with E-state index in [1.54, 1.807) is 4.90 Å². The number of carbonyl (C=O) groups excluding carboxylic acids is 1. The Kier molecular flexibility index (Phi) is 9.79. The lowest BCUT2D eigenvalue weighted by Gasteiger charge is -2.25. The second-order valence-corrected chi connectivity index (χ2v) is 6.99. The minimum Gasteiger partial charge on any atom is -0.494 e. The molecule has 1 saturated heterocycles. The van der Waals surface area contributed by atoms with Crippen molar-refractivity contribution in [2.45, 2.75) is 18.9 Å². The van der Waals surface area contributed by atoms with Gasteiger partial charge in [-0.25, -0.2) is 0 Å². The quantitative estimate of drug-likeness (QED) is 0.740. The molecule has 0 bridgehead atoms. The van der Waals surface area contributed by atoms with E-state index in [0.29, 0.717) is 30.6 Å². The number of nitrogens with one attached hydrogen (secondary N) is 1. The summed E-state index contributed by atoms with van der Waals surface area (Å²) in [7, 11) is 1.86. The van der Waals surface area contributed by atoms with Gasteiger partial charge in [0, 0.05) is 49.1 Å². The fraction of sp³-hybridized carbons (Fsp3) is 0.562. The van der Waals surface area contributed by atoms with Crippen LogP contribution in [0.4, 0.5) is 0 Å². The molecule has 1 aromatic rings. The van der Waals surface area contributed by atoms with Crippen LogP contribution in [-0.4, -0.2) is 55.1 Å². The van der Waals surface area contributed by atoms with Gasteiger partial charge >= 0.3 is 0 Å². The fourth-order valence-electron chi connectivity index (χ4n) is 2.26. The molecule has 130 valence electrons. The fourth-order valence-corrected chi connectivity index (χ4v) is 3.34. The maximum absolute atomic E-state index is 12.1. The average molecular weight is 379 g/mol. The van der Waals surface area contributed by atoms with Gasteiger partial charge in [-0.2, -0.15) is 11.8 Å².